The number of carbonyl (C=O) groups is 1. The summed E-state index contributed by atoms with van der Waals surface area (Å²) in [5, 5.41) is 15.0. The molecule has 1 amide bonds. The summed E-state index contributed by atoms with van der Waals surface area (Å²) in [7, 11) is 0. The summed E-state index contributed by atoms with van der Waals surface area (Å²) in [5.74, 6) is 1.23. The molecule has 2 atom stereocenters. The number of hydrogen-bond acceptors (Lipinski definition) is 5. The molecule has 0 saturated carbocycles. The van der Waals surface area contributed by atoms with E-state index >= 15 is 0 Å². The zero-order chi connectivity index (χ0) is 18.1. The molecular weight excluding hydrogens is 332 g/mol. The Bertz CT molecular complexity index is 688. The van der Waals surface area contributed by atoms with Gasteiger partial charge in [-0.15, -0.1) is 0 Å². The molecule has 0 aliphatic carbocycles. The van der Waals surface area contributed by atoms with Crippen LogP contribution in [0.25, 0.3) is 0 Å². The van der Waals surface area contributed by atoms with Crippen LogP contribution in [0.15, 0.2) is 18.2 Å². The first-order valence-electron chi connectivity index (χ1n) is 9.67. The third-order valence-corrected chi connectivity index (χ3v) is 6.17. The fourth-order valence-corrected chi connectivity index (χ4v) is 4.63. The van der Waals surface area contributed by atoms with Crippen molar-refractivity contribution in [1.82, 2.24) is 10.2 Å². The molecule has 1 N–H and O–H groups in total. The Morgan fingerprint density at radius 2 is 1.73 bits per heavy atom. The number of rotatable bonds is 3. The van der Waals surface area contributed by atoms with Gasteiger partial charge in [0.15, 0.2) is 0 Å². The molecule has 0 aromatic heterocycles. The van der Waals surface area contributed by atoms with Crippen LogP contribution in [0, 0.1) is 22.0 Å². The van der Waals surface area contributed by atoms with Crippen LogP contribution in [0.2, 0.25) is 0 Å². The molecule has 0 radical (unpaired) electrons. The van der Waals surface area contributed by atoms with Crippen LogP contribution in [0.5, 0.6) is 0 Å². The normalized spacial score (nSPS) is 25.8. The van der Waals surface area contributed by atoms with Crippen LogP contribution >= 0.6 is 0 Å². The van der Waals surface area contributed by atoms with Crippen LogP contribution in [0.4, 0.5) is 11.4 Å². The fourth-order valence-electron chi connectivity index (χ4n) is 4.63. The van der Waals surface area contributed by atoms with Gasteiger partial charge in [0.05, 0.1) is 4.92 Å². The number of nitro benzene ring substituents is 1. The highest BCUT2D eigenvalue weighted by Crippen LogP contribution is 2.33. The SMILES string of the molecule is O=C(c1ccc(N2CCCC2)c([N+](=O)[O-])c1)N1CC[C@@H]2CNC[C@@H]2CC1. The van der Waals surface area contributed by atoms with Crippen LogP contribution in [0.3, 0.4) is 0 Å². The Kier molecular flexibility index (Phi) is 4.80. The van der Waals surface area contributed by atoms with Crippen LogP contribution < -0.4 is 10.2 Å². The lowest BCUT2D eigenvalue weighted by Gasteiger charge is -2.22. The van der Waals surface area contributed by atoms with Gasteiger partial charge >= 0.3 is 0 Å². The van der Waals surface area contributed by atoms with E-state index in [1.54, 1.807) is 12.1 Å². The zero-order valence-electron chi connectivity index (χ0n) is 15.0. The number of likely N-dealkylation sites (tertiary alicyclic amines) is 1. The van der Waals surface area contributed by atoms with Crippen molar-refractivity contribution in [3.05, 3.63) is 33.9 Å². The standard InChI is InChI=1S/C19H26N4O3/c24-19(22-9-5-15-12-20-13-16(15)6-10-22)14-3-4-17(18(11-14)23(25)26)21-7-1-2-8-21/h3-4,11,15-16,20H,1-2,5-10,12-13H2/t15-,16+. The molecule has 3 heterocycles. The monoisotopic (exact) mass is 358 g/mol. The highest BCUT2D eigenvalue weighted by atomic mass is 16.6. The largest absolute Gasteiger partial charge is 0.366 e. The Balaban J connectivity index is 1.54. The topological polar surface area (TPSA) is 78.7 Å². The van der Waals surface area contributed by atoms with Gasteiger partial charge in [-0.1, -0.05) is 0 Å². The number of benzene rings is 1. The summed E-state index contributed by atoms with van der Waals surface area (Å²) in [6.07, 6.45) is 4.14. The predicted octanol–water partition coefficient (Wildman–Crippen LogP) is 2.27. The second kappa shape index (κ2) is 7.23. The first-order chi connectivity index (χ1) is 12.6. The average molecular weight is 358 g/mol. The predicted molar refractivity (Wildman–Crippen MR) is 99.5 cm³/mol. The minimum Gasteiger partial charge on any atom is -0.366 e. The van der Waals surface area contributed by atoms with E-state index in [4.69, 9.17) is 0 Å². The van der Waals surface area contributed by atoms with E-state index in [0.29, 0.717) is 23.1 Å². The van der Waals surface area contributed by atoms with Crippen molar-refractivity contribution in [3.63, 3.8) is 0 Å². The maximum absolute atomic E-state index is 13.0. The van der Waals surface area contributed by atoms with Crippen LogP contribution in [-0.2, 0) is 0 Å². The third kappa shape index (κ3) is 3.28. The lowest BCUT2D eigenvalue weighted by Crippen LogP contribution is -2.33. The highest BCUT2D eigenvalue weighted by molar-refractivity contribution is 5.95. The van der Waals surface area contributed by atoms with Gasteiger partial charge < -0.3 is 15.1 Å². The van der Waals surface area contributed by atoms with Gasteiger partial charge in [-0.3, -0.25) is 14.9 Å². The molecule has 0 bridgehead atoms. The maximum Gasteiger partial charge on any atom is 0.293 e. The molecule has 7 nitrogen and oxygen atoms in total. The molecule has 7 heteroatoms. The van der Waals surface area contributed by atoms with Gasteiger partial charge in [0.1, 0.15) is 5.69 Å². The van der Waals surface area contributed by atoms with E-state index in [0.717, 1.165) is 65.0 Å². The Morgan fingerprint density at radius 3 is 2.35 bits per heavy atom. The van der Waals surface area contributed by atoms with Gasteiger partial charge in [0.25, 0.3) is 11.6 Å². The summed E-state index contributed by atoms with van der Waals surface area (Å²) < 4.78 is 0. The smallest absolute Gasteiger partial charge is 0.293 e. The molecule has 3 fully saturated rings. The second-order valence-corrected chi connectivity index (χ2v) is 7.70. The average Bonchev–Trinajstić information content (AvgIpc) is 3.30. The van der Waals surface area contributed by atoms with E-state index in [-0.39, 0.29) is 16.5 Å². The van der Waals surface area contributed by atoms with Crippen molar-refractivity contribution in [3.8, 4) is 0 Å². The van der Waals surface area contributed by atoms with Gasteiger partial charge in [0, 0.05) is 37.8 Å². The van der Waals surface area contributed by atoms with Crippen molar-refractivity contribution in [1.29, 1.82) is 0 Å². The minimum atomic E-state index is -0.358. The van der Waals surface area contributed by atoms with Gasteiger partial charge in [-0.25, -0.2) is 0 Å². The molecule has 1 aromatic carbocycles. The summed E-state index contributed by atoms with van der Waals surface area (Å²) in [5.41, 5.74) is 1.12. The van der Waals surface area contributed by atoms with E-state index in [2.05, 4.69) is 5.32 Å². The Labute approximate surface area is 153 Å². The number of nitrogens with one attached hydrogen (secondary N) is 1. The molecule has 140 valence electrons. The molecule has 3 saturated heterocycles. The Hall–Kier alpha value is -2.15. The van der Waals surface area contributed by atoms with Crippen molar-refractivity contribution in [2.45, 2.75) is 25.7 Å². The van der Waals surface area contributed by atoms with Crippen molar-refractivity contribution in [2.75, 3.05) is 44.2 Å². The van der Waals surface area contributed by atoms with E-state index in [1.165, 1.54) is 6.07 Å². The molecule has 26 heavy (non-hydrogen) atoms. The molecule has 1 aromatic rings. The van der Waals surface area contributed by atoms with Crippen LogP contribution in [0.1, 0.15) is 36.0 Å². The number of amides is 1. The fraction of sp³-hybridized carbons (Fsp3) is 0.632. The van der Waals surface area contributed by atoms with Crippen molar-refractivity contribution < 1.29 is 9.72 Å². The zero-order valence-corrected chi connectivity index (χ0v) is 15.0. The number of fused-ring (bicyclic) bond motifs is 1. The molecule has 3 aliphatic heterocycles. The van der Waals surface area contributed by atoms with Crippen LogP contribution in [-0.4, -0.2) is 55.0 Å². The van der Waals surface area contributed by atoms with E-state index in [1.807, 2.05) is 9.80 Å². The first kappa shape index (κ1) is 17.3. The summed E-state index contributed by atoms with van der Waals surface area (Å²) in [4.78, 5) is 28.1. The Morgan fingerprint density at radius 1 is 1.08 bits per heavy atom. The molecular formula is C19H26N4O3. The maximum atomic E-state index is 13.0. The summed E-state index contributed by atoms with van der Waals surface area (Å²) >= 11 is 0. The molecule has 4 rings (SSSR count). The molecule has 0 unspecified atom stereocenters. The quantitative estimate of drug-likeness (QED) is 0.662. The number of nitro groups is 1. The van der Waals surface area contributed by atoms with Gasteiger partial charge in [-0.2, -0.15) is 0 Å². The minimum absolute atomic E-state index is 0.0497. The number of anilines is 1. The van der Waals surface area contributed by atoms with E-state index < -0.39 is 0 Å². The second-order valence-electron chi connectivity index (χ2n) is 7.70. The first-order valence-corrected chi connectivity index (χ1v) is 9.67. The van der Waals surface area contributed by atoms with E-state index in [9.17, 15) is 14.9 Å². The van der Waals surface area contributed by atoms with Crippen molar-refractivity contribution >= 4 is 17.3 Å². The lowest BCUT2D eigenvalue weighted by atomic mass is 9.92. The number of hydrogen-bond donors (Lipinski definition) is 1. The summed E-state index contributed by atoms with van der Waals surface area (Å²) in [6.45, 7) is 5.26. The molecule has 3 aliphatic rings. The highest BCUT2D eigenvalue weighted by Gasteiger charge is 2.32. The van der Waals surface area contributed by atoms with Crippen molar-refractivity contribution in [2.24, 2.45) is 11.8 Å². The summed E-state index contributed by atoms with van der Waals surface area (Å²) in [6, 6.07) is 4.99. The number of carbonyl (C=O) groups excluding carboxylic acids is 1. The van der Waals surface area contributed by atoms with Gasteiger partial charge in [-0.05, 0) is 62.7 Å². The molecule has 0 spiro atoms. The van der Waals surface area contributed by atoms with Gasteiger partial charge in [0.2, 0.25) is 0 Å². The number of nitrogens with zero attached hydrogens (tertiary/aromatic N) is 3. The lowest BCUT2D eigenvalue weighted by molar-refractivity contribution is -0.384. The third-order valence-electron chi connectivity index (χ3n) is 6.17.